The largest absolute Gasteiger partial charge is 0.294 e. The molecule has 136 valence electrons. The van der Waals surface area contributed by atoms with E-state index < -0.39 is 0 Å². The molecule has 3 saturated heterocycles. The van der Waals surface area contributed by atoms with Gasteiger partial charge in [0.1, 0.15) is 0 Å². The lowest BCUT2D eigenvalue weighted by molar-refractivity contribution is -0.182. The highest BCUT2D eigenvalue weighted by Crippen LogP contribution is 2.64. The van der Waals surface area contributed by atoms with Crippen LogP contribution in [-0.4, -0.2) is 23.0 Å². The van der Waals surface area contributed by atoms with Gasteiger partial charge in [-0.05, 0) is 88.3 Å². The highest BCUT2D eigenvalue weighted by atomic mass is 15.3. The van der Waals surface area contributed by atoms with E-state index in [1.807, 2.05) is 0 Å². The number of aryl methyl sites for hydroxylation is 2. The number of hydrogen-bond acceptors (Lipinski definition) is 1. The Morgan fingerprint density at radius 3 is 2.52 bits per heavy atom. The van der Waals surface area contributed by atoms with Crippen LogP contribution in [0, 0.1) is 32.6 Å². The van der Waals surface area contributed by atoms with Crippen LogP contribution in [0.2, 0.25) is 0 Å². The van der Waals surface area contributed by atoms with Crippen molar-refractivity contribution in [1.82, 2.24) is 4.90 Å². The molecule has 4 bridgehead atoms. The zero-order valence-corrected chi connectivity index (χ0v) is 16.7. The molecule has 1 aromatic carbocycles. The second-order valence-electron chi connectivity index (χ2n) is 10.1. The van der Waals surface area contributed by atoms with E-state index in [9.17, 15) is 0 Å². The van der Waals surface area contributed by atoms with E-state index in [0.29, 0.717) is 11.0 Å². The zero-order chi connectivity index (χ0) is 17.4. The third kappa shape index (κ3) is 2.05. The minimum atomic E-state index is 0.426. The molecule has 2 saturated carbocycles. The van der Waals surface area contributed by atoms with E-state index in [0.717, 1.165) is 17.9 Å². The van der Waals surface area contributed by atoms with E-state index >= 15 is 0 Å². The van der Waals surface area contributed by atoms with Crippen LogP contribution in [-0.2, 0) is 5.41 Å². The molecule has 0 aromatic heterocycles. The van der Waals surface area contributed by atoms with Gasteiger partial charge >= 0.3 is 0 Å². The molecule has 0 radical (unpaired) electrons. The summed E-state index contributed by atoms with van der Waals surface area (Å²) in [7, 11) is 0. The number of benzene rings is 1. The second kappa shape index (κ2) is 5.35. The van der Waals surface area contributed by atoms with Crippen LogP contribution >= 0.6 is 0 Å². The Hall–Kier alpha value is -0.820. The molecule has 5 aliphatic rings. The van der Waals surface area contributed by atoms with Crippen molar-refractivity contribution in [3.63, 3.8) is 0 Å². The Balaban J connectivity index is 1.63. The van der Waals surface area contributed by atoms with E-state index in [4.69, 9.17) is 0 Å². The maximum absolute atomic E-state index is 3.05. The first kappa shape index (κ1) is 16.4. The molecule has 5 fully saturated rings. The molecular formula is C24H35N. The molecule has 6 rings (SSSR count). The van der Waals surface area contributed by atoms with Crippen molar-refractivity contribution >= 4 is 0 Å². The van der Waals surface area contributed by atoms with Crippen molar-refractivity contribution in [2.75, 3.05) is 6.54 Å². The molecule has 5 unspecified atom stereocenters. The van der Waals surface area contributed by atoms with E-state index in [-0.39, 0.29) is 0 Å². The number of rotatable bonds is 1. The van der Waals surface area contributed by atoms with Crippen LogP contribution in [0.15, 0.2) is 12.1 Å². The van der Waals surface area contributed by atoms with Gasteiger partial charge in [0.05, 0.1) is 0 Å². The summed E-state index contributed by atoms with van der Waals surface area (Å²) in [5.41, 5.74) is 7.25. The Morgan fingerprint density at radius 1 is 1.00 bits per heavy atom. The van der Waals surface area contributed by atoms with Crippen LogP contribution in [0.5, 0.6) is 0 Å². The number of piperidine rings is 3. The summed E-state index contributed by atoms with van der Waals surface area (Å²) in [6, 6.07) is 5.66. The average molecular weight is 338 g/mol. The Bertz CT molecular complexity index is 698. The molecule has 0 N–H and O–H groups in total. The van der Waals surface area contributed by atoms with Crippen molar-refractivity contribution in [1.29, 1.82) is 0 Å². The molecule has 1 nitrogen and oxygen atoms in total. The van der Waals surface area contributed by atoms with Crippen molar-refractivity contribution in [3.05, 3.63) is 34.4 Å². The Morgan fingerprint density at radius 2 is 1.76 bits per heavy atom. The number of nitrogens with zero attached hydrogens (tertiary/aromatic N) is 1. The fourth-order valence-electron chi connectivity index (χ4n) is 7.89. The summed E-state index contributed by atoms with van der Waals surface area (Å²) in [5.74, 6) is 1.90. The first-order valence-electron chi connectivity index (χ1n) is 10.8. The monoisotopic (exact) mass is 337 g/mol. The lowest BCUT2D eigenvalue weighted by Crippen LogP contribution is -2.75. The van der Waals surface area contributed by atoms with Gasteiger partial charge in [-0.3, -0.25) is 4.90 Å². The van der Waals surface area contributed by atoms with Gasteiger partial charge in [-0.15, -0.1) is 0 Å². The van der Waals surface area contributed by atoms with Gasteiger partial charge in [-0.1, -0.05) is 37.0 Å². The standard InChI is InChI=1S/C24H35N/c1-16-10-17(2)18(3)22(11-16)23-13-20-12-21(14-23)24(8-6-5-7-9-24)25(15-20)19(23)4/h10-11,19-21H,5-9,12-15H2,1-4H3. The fraction of sp³-hybridized carbons (Fsp3) is 0.750. The van der Waals surface area contributed by atoms with Gasteiger partial charge in [-0.25, -0.2) is 0 Å². The number of hydrogen-bond donors (Lipinski definition) is 0. The lowest BCUT2D eigenvalue weighted by Gasteiger charge is -2.71. The van der Waals surface area contributed by atoms with Crippen LogP contribution in [0.3, 0.4) is 0 Å². The van der Waals surface area contributed by atoms with Crippen molar-refractivity contribution in [3.8, 4) is 0 Å². The highest BCUT2D eigenvalue weighted by molar-refractivity contribution is 5.45. The highest BCUT2D eigenvalue weighted by Gasteiger charge is 2.64. The van der Waals surface area contributed by atoms with Gasteiger partial charge in [-0.2, -0.15) is 0 Å². The Labute approximate surface area is 154 Å². The van der Waals surface area contributed by atoms with Crippen molar-refractivity contribution in [2.24, 2.45) is 11.8 Å². The summed E-state index contributed by atoms with van der Waals surface area (Å²) >= 11 is 0. The zero-order valence-electron chi connectivity index (χ0n) is 16.7. The van der Waals surface area contributed by atoms with Gasteiger partial charge in [0.25, 0.3) is 0 Å². The maximum atomic E-state index is 3.05. The van der Waals surface area contributed by atoms with E-state index in [1.165, 1.54) is 69.0 Å². The Kier molecular flexibility index (Phi) is 3.50. The minimum Gasteiger partial charge on any atom is -0.294 e. The first-order valence-corrected chi connectivity index (χ1v) is 10.8. The molecular weight excluding hydrogens is 302 g/mol. The molecule has 2 aliphatic carbocycles. The summed E-state index contributed by atoms with van der Waals surface area (Å²) < 4.78 is 0. The van der Waals surface area contributed by atoms with Gasteiger partial charge in [0.15, 0.2) is 0 Å². The predicted molar refractivity (Wildman–Crippen MR) is 105 cm³/mol. The lowest BCUT2D eigenvalue weighted by atomic mass is 9.46. The predicted octanol–water partition coefficient (Wildman–Crippen LogP) is 5.69. The third-order valence-corrected chi connectivity index (χ3v) is 9.00. The smallest absolute Gasteiger partial charge is 0.0241 e. The second-order valence-corrected chi connectivity index (χ2v) is 10.1. The van der Waals surface area contributed by atoms with Gasteiger partial charge in [0, 0.05) is 23.5 Å². The quantitative estimate of drug-likeness (QED) is 0.636. The fourth-order valence-corrected chi connectivity index (χ4v) is 7.89. The van der Waals surface area contributed by atoms with Crippen LogP contribution < -0.4 is 0 Å². The summed E-state index contributed by atoms with van der Waals surface area (Å²) in [5, 5.41) is 0. The van der Waals surface area contributed by atoms with Gasteiger partial charge < -0.3 is 0 Å². The van der Waals surface area contributed by atoms with Crippen LogP contribution in [0.25, 0.3) is 0 Å². The maximum Gasteiger partial charge on any atom is 0.0241 e. The summed E-state index contributed by atoms with van der Waals surface area (Å²) in [6.07, 6.45) is 11.8. The SMILES string of the molecule is Cc1cc(C)c(C)c(C23CC4CC(C2)C2(CCCCC2)N(C4)C3C)c1. The molecule has 0 amide bonds. The topological polar surface area (TPSA) is 3.24 Å². The van der Waals surface area contributed by atoms with Crippen molar-refractivity contribution < 1.29 is 0 Å². The minimum absolute atomic E-state index is 0.426. The molecule has 1 spiro atoms. The van der Waals surface area contributed by atoms with Crippen LogP contribution in [0.1, 0.15) is 80.5 Å². The van der Waals surface area contributed by atoms with Crippen molar-refractivity contribution in [2.45, 2.75) is 96.1 Å². The molecule has 1 aromatic rings. The van der Waals surface area contributed by atoms with Gasteiger partial charge in [0.2, 0.25) is 0 Å². The molecule has 25 heavy (non-hydrogen) atoms. The first-order chi connectivity index (χ1) is 12.0. The molecule has 1 heteroatoms. The molecule has 3 aliphatic heterocycles. The van der Waals surface area contributed by atoms with E-state index in [1.54, 1.807) is 11.1 Å². The van der Waals surface area contributed by atoms with E-state index in [2.05, 4.69) is 44.7 Å². The average Bonchev–Trinajstić information content (AvgIpc) is 2.60. The summed E-state index contributed by atoms with van der Waals surface area (Å²) in [6.45, 7) is 11.0. The van der Waals surface area contributed by atoms with Crippen LogP contribution in [0.4, 0.5) is 0 Å². The summed E-state index contributed by atoms with van der Waals surface area (Å²) in [4.78, 5) is 3.05. The molecule has 5 atom stereocenters. The molecule has 3 heterocycles. The normalized spacial score (nSPS) is 41.4. The third-order valence-electron chi connectivity index (χ3n) is 9.00.